The van der Waals surface area contributed by atoms with Gasteiger partial charge in [-0.1, -0.05) is 12.2 Å². The van der Waals surface area contributed by atoms with Gasteiger partial charge in [0.15, 0.2) is 0 Å². The standard InChI is InChI=1S/C19H18O5/c1-12(9-16-10-13(2)19(21)23-16)7-8-22-15-5-3-14-4-6-18(20)24-17(14)11-15/h3-7,11,16H,2,8-10H2,1H3/b12-7+. The van der Waals surface area contributed by atoms with Gasteiger partial charge < -0.3 is 13.9 Å². The monoisotopic (exact) mass is 326 g/mol. The highest BCUT2D eigenvalue weighted by Gasteiger charge is 2.26. The number of ether oxygens (including phenoxy) is 2. The van der Waals surface area contributed by atoms with Gasteiger partial charge in [-0.05, 0) is 31.2 Å². The molecule has 124 valence electrons. The number of benzene rings is 1. The van der Waals surface area contributed by atoms with E-state index in [1.165, 1.54) is 6.07 Å². The Kier molecular flexibility index (Phi) is 4.51. The number of rotatable bonds is 5. The molecule has 5 nitrogen and oxygen atoms in total. The molecule has 1 aromatic carbocycles. The summed E-state index contributed by atoms with van der Waals surface area (Å²) < 4.78 is 16.0. The van der Waals surface area contributed by atoms with Crippen LogP contribution in [0.4, 0.5) is 0 Å². The van der Waals surface area contributed by atoms with Crippen LogP contribution >= 0.6 is 0 Å². The van der Waals surface area contributed by atoms with E-state index in [0.29, 0.717) is 36.4 Å². The molecule has 24 heavy (non-hydrogen) atoms. The van der Waals surface area contributed by atoms with Gasteiger partial charge in [-0.2, -0.15) is 0 Å². The second kappa shape index (κ2) is 6.74. The minimum Gasteiger partial charge on any atom is -0.489 e. The van der Waals surface area contributed by atoms with Crippen LogP contribution in [0.15, 0.2) is 63.3 Å². The summed E-state index contributed by atoms with van der Waals surface area (Å²) >= 11 is 0. The summed E-state index contributed by atoms with van der Waals surface area (Å²) in [6.07, 6.45) is 3.06. The Morgan fingerprint density at radius 1 is 1.33 bits per heavy atom. The summed E-state index contributed by atoms with van der Waals surface area (Å²) in [4.78, 5) is 22.5. The van der Waals surface area contributed by atoms with Crippen molar-refractivity contribution in [1.82, 2.24) is 0 Å². The topological polar surface area (TPSA) is 65.7 Å². The van der Waals surface area contributed by atoms with Gasteiger partial charge in [-0.25, -0.2) is 9.59 Å². The van der Waals surface area contributed by atoms with Crippen molar-refractivity contribution >= 4 is 16.9 Å². The summed E-state index contributed by atoms with van der Waals surface area (Å²) in [5.41, 5.74) is 1.72. The van der Waals surface area contributed by atoms with Crippen molar-refractivity contribution in [3.05, 3.63) is 64.6 Å². The molecule has 1 atom stereocenters. The van der Waals surface area contributed by atoms with Crippen LogP contribution in [-0.2, 0) is 9.53 Å². The molecule has 2 heterocycles. The third-order valence-electron chi connectivity index (χ3n) is 3.86. The van der Waals surface area contributed by atoms with E-state index >= 15 is 0 Å². The van der Waals surface area contributed by atoms with Crippen molar-refractivity contribution in [3.63, 3.8) is 0 Å². The van der Waals surface area contributed by atoms with Gasteiger partial charge >= 0.3 is 11.6 Å². The van der Waals surface area contributed by atoms with E-state index in [-0.39, 0.29) is 17.7 Å². The molecular formula is C19H18O5. The van der Waals surface area contributed by atoms with Crippen LogP contribution < -0.4 is 10.4 Å². The van der Waals surface area contributed by atoms with Crippen LogP contribution in [0.3, 0.4) is 0 Å². The zero-order chi connectivity index (χ0) is 17.1. The maximum Gasteiger partial charge on any atom is 0.336 e. The van der Waals surface area contributed by atoms with Gasteiger partial charge in [-0.15, -0.1) is 0 Å². The molecule has 0 bridgehead atoms. The number of carbonyl (C=O) groups is 1. The van der Waals surface area contributed by atoms with Crippen LogP contribution in [0.5, 0.6) is 5.75 Å². The third kappa shape index (κ3) is 3.74. The van der Waals surface area contributed by atoms with Crippen molar-refractivity contribution < 1.29 is 18.7 Å². The van der Waals surface area contributed by atoms with Crippen molar-refractivity contribution in [2.45, 2.75) is 25.9 Å². The molecule has 0 amide bonds. The SMILES string of the molecule is C=C1CC(C/C(C)=C/COc2ccc3ccc(=O)oc3c2)OC1=O. The van der Waals surface area contributed by atoms with E-state index in [1.807, 2.05) is 25.1 Å². The predicted molar refractivity (Wildman–Crippen MR) is 90.0 cm³/mol. The number of carbonyl (C=O) groups excluding carboxylic acids is 1. The lowest BCUT2D eigenvalue weighted by Crippen LogP contribution is -2.07. The zero-order valence-electron chi connectivity index (χ0n) is 13.4. The molecule has 1 saturated heterocycles. The second-order valence-electron chi connectivity index (χ2n) is 5.85. The first-order valence-electron chi connectivity index (χ1n) is 7.72. The fraction of sp³-hybridized carbons (Fsp3) is 0.263. The Balaban J connectivity index is 1.58. The smallest absolute Gasteiger partial charge is 0.336 e. The third-order valence-corrected chi connectivity index (χ3v) is 3.86. The number of esters is 1. The van der Waals surface area contributed by atoms with Crippen LogP contribution in [0, 0.1) is 0 Å². The lowest BCUT2D eigenvalue weighted by molar-refractivity contribution is -0.138. The van der Waals surface area contributed by atoms with Crippen LogP contribution in [0.25, 0.3) is 11.0 Å². The molecule has 0 saturated carbocycles. The van der Waals surface area contributed by atoms with E-state index in [1.54, 1.807) is 12.1 Å². The van der Waals surface area contributed by atoms with Crippen molar-refractivity contribution in [2.24, 2.45) is 0 Å². The van der Waals surface area contributed by atoms with Crippen molar-refractivity contribution in [2.75, 3.05) is 6.61 Å². The molecule has 1 aliphatic rings. The largest absolute Gasteiger partial charge is 0.489 e. The number of hydrogen-bond acceptors (Lipinski definition) is 5. The fourth-order valence-electron chi connectivity index (χ4n) is 2.60. The Labute approximate surface area is 139 Å². The minimum absolute atomic E-state index is 0.129. The lowest BCUT2D eigenvalue weighted by Gasteiger charge is -2.09. The van der Waals surface area contributed by atoms with Crippen molar-refractivity contribution in [3.8, 4) is 5.75 Å². The van der Waals surface area contributed by atoms with Crippen LogP contribution in [0.1, 0.15) is 19.8 Å². The molecule has 1 aromatic heterocycles. The summed E-state index contributed by atoms with van der Waals surface area (Å²) in [5.74, 6) is 0.322. The summed E-state index contributed by atoms with van der Waals surface area (Å²) in [6, 6.07) is 8.47. The first-order valence-corrected chi connectivity index (χ1v) is 7.72. The highest BCUT2D eigenvalue weighted by atomic mass is 16.5. The predicted octanol–water partition coefficient (Wildman–Crippen LogP) is 3.38. The highest BCUT2D eigenvalue weighted by Crippen LogP contribution is 2.24. The molecular weight excluding hydrogens is 308 g/mol. The molecule has 1 fully saturated rings. The van der Waals surface area contributed by atoms with Gasteiger partial charge in [0.2, 0.25) is 0 Å². The van der Waals surface area contributed by atoms with Crippen LogP contribution in [0.2, 0.25) is 0 Å². The average Bonchev–Trinajstić information content (AvgIpc) is 2.84. The minimum atomic E-state index is -0.386. The summed E-state index contributed by atoms with van der Waals surface area (Å²) in [7, 11) is 0. The first kappa shape index (κ1) is 16.1. The normalized spacial score (nSPS) is 18.0. The molecule has 0 N–H and O–H groups in total. The summed E-state index contributed by atoms with van der Waals surface area (Å²) in [6.45, 7) is 6.03. The highest BCUT2D eigenvalue weighted by molar-refractivity contribution is 5.89. The van der Waals surface area contributed by atoms with E-state index in [4.69, 9.17) is 13.9 Å². The van der Waals surface area contributed by atoms with E-state index < -0.39 is 0 Å². The van der Waals surface area contributed by atoms with E-state index in [2.05, 4.69) is 6.58 Å². The first-order chi connectivity index (χ1) is 11.5. The maximum absolute atomic E-state index is 11.3. The molecule has 1 aliphatic heterocycles. The van der Waals surface area contributed by atoms with Gasteiger partial charge in [-0.3, -0.25) is 0 Å². The molecule has 5 heteroatoms. The van der Waals surface area contributed by atoms with Crippen LogP contribution in [-0.4, -0.2) is 18.7 Å². The number of cyclic esters (lactones) is 1. The van der Waals surface area contributed by atoms with Crippen molar-refractivity contribution in [1.29, 1.82) is 0 Å². The molecule has 0 radical (unpaired) electrons. The number of fused-ring (bicyclic) bond motifs is 1. The quantitative estimate of drug-likeness (QED) is 0.365. The molecule has 3 rings (SSSR count). The van der Waals surface area contributed by atoms with E-state index in [9.17, 15) is 9.59 Å². The molecule has 0 aliphatic carbocycles. The molecule has 0 spiro atoms. The average molecular weight is 326 g/mol. The number of hydrogen-bond donors (Lipinski definition) is 0. The zero-order valence-corrected chi connectivity index (χ0v) is 13.4. The maximum atomic E-state index is 11.3. The van der Waals surface area contributed by atoms with Gasteiger partial charge in [0.1, 0.15) is 24.0 Å². The lowest BCUT2D eigenvalue weighted by atomic mass is 10.1. The summed E-state index contributed by atoms with van der Waals surface area (Å²) in [5, 5.41) is 0.844. The Morgan fingerprint density at radius 2 is 2.12 bits per heavy atom. The van der Waals surface area contributed by atoms with E-state index in [0.717, 1.165) is 11.0 Å². The Bertz CT molecular complexity index is 859. The Hall–Kier alpha value is -2.82. The molecule has 2 aromatic rings. The second-order valence-corrected chi connectivity index (χ2v) is 5.85. The fourth-order valence-corrected chi connectivity index (χ4v) is 2.60. The van der Waals surface area contributed by atoms with Gasteiger partial charge in [0, 0.05) is 35.9 Å². The van der Waals surface area contributed by atoms with Gasteiger partial charge in [0.25, 0.3) is 0 Å². The molecule has 1 unspecified atom stereocenters. The Morgan fingerprint density at radius 3 is 2.88 bits per heavy atom. The van der Waals surface area contributed by atoms with Gasteiger partial charge in [0.05, 0.1) is 0 Å².